The Morgan fingerprint density at radius 1 is 1.06 bits per heavy atom. The molecule has 7 nitrogen and oxygen atoms in total. The number of ether oxygens (including phenoxy) is 1. The Morgan fingerprint density at radius 2 is 1.84 bits per heavy atom. The number of ketones is 1. The van der Waals surface area contributed by atoms with Gasteiger partial charge in [-0.1, -0.05) is 35.9 Å². The largest absolute Gasteiger partial charge is 0.454 e. The molecule has 0 bridgehead atoms. The average Bonchev–Trinajstić information content (AvgIpc) is 3.32. The van der Waals surface area contributed by atoms with Gasteiger partial charge >= 0.3 is 5.97 Å². The van der Waals surface area contributed by atoms with Crippen molar-refractivity contribution in [3.63, 3.8) is 0 Å². The van der Waals surface area contributed by atoms with Crippen molar-refractivity contribution in [3.05, 3.63) is 88.2 Å². The number of Topliss-reactive ketones (excluding diaryl/α,β-unsaturated/α-hetero) is 1. The molecule has 4 rings (SSSR count). The maximum atomic E-state index is 13.2. The van der Waals surface area contributed by atoms with Crippen LogP contribution in [0.5, 0.6) is 0 Å². The highest BCUT2D eigenvalue weighted by Crippen LogP contribution is 2.30. The van der Waals surface area contributed by atoms with E-state index in [1.165, 1.54) is 22.5 Å². The van der Waals surface area contributed by atoms with E-state index in [0.29, 0.717) is 18.7 Å². The second kappa shape index (κ2) is 8.66. The van der Waals surface area contributed by atoms with E-state index in [9.17, 15) is 18.0 Å². The molecule has 0 atom stereocenters. The van der Waals surface area contributed by atoms with Gasteiger partial charge in [-0.25, -0.2) is 13.2 Å². The molecule has 31 heavy (non-hydrogen) atoms. The zero-order chi connectivity index (χ0) is 22.0. The number of aromatic amines is 1. The van der Waals surface area contributed by atoms with Gasteiger partial charge in [-0.2, -0.15) is 4.31 Å². The van der Waals surface area contributed by atoms with Gasteiger partial charge in [0.1, 0.15) is 4.90 Å². The van der Waals surface area contributed by atoms with E-state index in [-0.39, 0.29) is 22.0 Å². The molecule has 0 saturated heterocycles. The summed E-state index contributed by atoms with van der Waals surface area (Å²) in [6.07, 6.45) is 2.18. The van der Waals surface area contributed by atoms with Crippen LogP contribution in [0.4, 0.5) is 0 Å². The van der Waals surface area contributed by atoms with Crippen molar-refractivity contribution >= 4 is 33.4 Å². The van der Waals surface area contributed by atoms with Crippen LogP contribution in [0.15, 0.2) is 65.7 Å². The third-order valence-corrected chi connectivity index (χ3v) is 7.44. The number of esters is 1. The van der Waals surface area contributed by atoms with Crippen LogP contribution < -0.4 is 0 Å². The van der Waals surface area contributed by atoms with Crippen LogP contribution in [0.2, 0.25) is 5.02 Å². The van der Waals surface area contributed by atoms with Crippen LogP contribution in [0.3, 0.4) is 0 Å². The number of carbonyl (C=O) groups excluding carboxylic acids is 2. The van der Waals surface area contributed by atoms with Crippen molar-refractivity contribution in [3.8, 4) is 0 Å². The number of hydrogen-bond donors (Lipinski definition) is 1. The minimum atomic E-state index is -3.94. The highest BCUT2D eigenvalue weighted by atomic mass is 35.5. The Morgan fingerprint density at radius 3 is 2.58 bits per heavy atom. The molecule has 2 aromatic carbocycles. The highest BCUT2D eigenvalue weighted by molar-refractivity contribution is 7.89. The predicted octanol–water partition coefficient (Wildman–Crippen LogP) is 3.45. The number of benzene rings is 2. The van der Waals surface area contributed by atoms with Crippen molar-refractivity contribution < 1.29 is 22.7 Å². The zero-order valence-electron chi connectivity index (χ0n) is 16.4. The Balaban J connectivity index is 1.53. The molecule has 0 saturated carbocycles. The lowest BCUT2D eigenvalue weighted by molar-refractivity contribution is 0.0473. The molecule has 9 heteroatoms. The maximum Gasteiger partial charge on any atom is 0.338 e. The van der Waals surface area contributed by atoms with Crippen molar-refractivity contribution in [2.45, 2.75) is 17.9 Å². The van der Waals surface area contributed by atoms with Gasteiger partial charge in [0.15, 0.2) is 6.61 Å². The second-order valence-electron chi connectivity index (χ2n) is 7.09. The summed E-state index contributed by atoms with van der Waals surface area (Å²) in [4.78, 5) is 27.0. The molecule has 1 aliphatic rings. The molecular weight excluding hydrogens is 440 g/mol. The third kappa shape index (κ3) is 4.41. The van der Waals surface area contributed by atoms with Crippen molar-refractivity contribution in [1.29, 1.82) is 0 Å². The minimum Gasteiger partial charge on any atom is -0.454 e. The highest BCUT2D eigenvalue weighted by Gasteiger charge is 2.30. The summed E-state index contributed by atoms with van der Waals surface area (Å²) in [5, 5.41) is 0.0119. The van der Waals surface area contributed by atoms with Crippen LogP contribution >= 0.6 is 11.6 Å². The van der Waals surface area contributed by atoms with Gasteiger partial charge in [-0.15, -0.1) is 0 Å². The van der Waals surface area contributed by atoms with Gasteiger partial charge in [0, 0.05) is 19.3 Å². The molecule has 3 aromatic rings. The average molecular weight is 459 g/mol. The Hall–Kier alpha value is -2.94. The van der Waals surface area contributed by atoms with E-state index in [2.05, 4.69) is 4.98 Å². The first-order valence-corrected chi connectivity index (χ1v) is 11.4. The monoisotopic (exact) mass is 458 g/mol. The lowest BCUT2D eigenvalue weighted by Crippen LogP contribution is -2.36. The smallest absolute Gasteiger partial charge is 0.338 e. The summed E-state index contributed by atoms with van der Waals surface area (Å²) >= 11 is 6.18. The normalized spacial score (nSPS) is 14.1. The summed E-state index contributed by atoms with van der Waals surface area (Å²) in [5.74, 6) is -1.20. The van der Waals surface area contributed by atoms with Crippen molar-refractivity contribution in [2.24, 2.45) is 0 Å². The molecule has 1 N–H and O–H groups in total. The van der Waals surface area contributed by atoms with Gasteiger partial charge in [0.05, 0.1) is 16.3 Å². The zero-order valence-corrected chi connectivity index (χ0v) is 17.9. The number of halogens is 1. The molecule has 0 radical (unpaired) electrons. The number of H-pyrrole nitrogens is 1. The number of hydrogen-bond acceptors (Lipinski definition) is 5. The second-order valence-corrected chi connectivity index (χ2v) is 9.40. The van der Waals surface area contributed by atoms with Gasteiger partial charge in [-0.3, -0.25) is 4.79 Å². The number of nitrogens with one attached hydrogen (secondary N) is 1. The van der Waals surface area contributed by atoms with E-state index in [1.54, 1.807) is 18.3 Å². The van der Waals surface area contributed by atoms with Gasteiger partial charge in [0.25, 0.3) is 0 Å². The molecular formula is C22H19ClN2O5S. The molecule has 1 aliphatic heterocycles. The van der Waals surface area contributed by atoms with E-state index < -0.39 is 28.4 Å². The Labute approximate surface area is 184 Å². The summed E-state index contributed by atoms with van der Waals surface area (Å²) in [6, 6.07) is 14.8. The van der Waals surface area contributed by atoms with Crippen LogP contribution in [0.1, 0.15) is 32.0 Å². The molecule has 0 unspecified atom stereocenters. The van der Waals surface area contributed by atoms with Crippen LogP contribution in [-0.2, 0) is 27.7 Å². The van der Waals surface area contributed by atoms with Gasteiger partial charge in [-0.05, 0) is 47.9 Å². The summed E-state index contributed by atoms with van der Waals surface area (Å²) in [6.45, 7) is 0.0795. The summed E-state index contributed by atoms with van der Waals surface area (Å²) in [7, 11) is -3.94. The van der Waals surface area contributed by atoms with E-state index in [4.69, 9.17) is 16.3 Å². The first kappa shape index (κ1) is 21.3. The van der Waals surface area contributed by atoms with Crippen molar-refractivity contribution in [2.75, 3.05) is 13.2 Å². The molecule has 0 spiro atoms. The van der Waals surface area contributed by atoms with Gasteiger partial charge < -0.3 is 9.72 Å². The summed E-state index contributed by atoms with van der Waals surface area (Å²) in [5.41, 5.74) is 2.37. The number of aromatic nitrogens is 1. The fourth-order valence-electron chi connectivity index (χ4n) is 3.44. The quantitative estimate of drug-likeness (QED) is 0.450. The molecule has 0 amide bonds. The number of nitrogens with zero attached hydrogens (tertiary/aromatic N) is 1. The standard InChI is InChI=1S/C22H19ClN2O5S/c23-18-8-7-16(22(27)30-14-20(26)19-6-3-10-24-19)12-21(18)31(28,29)25-11-9-15-4-1-2-5-17(15)13-25/h1-8,10,12,24H,9,11,13-14H2. The van der Waals surface area contributed by atoms with E-state index in [1.807, 2.05) is 24.3 Å². The lowest BCUT2D eigenvalue weighted by atomic mass is 10.0. The fourth-order valence-corrected chi connectivity index (χ4v) is 5.36. The number of carbonyl (C=O) groups is 2. The third-order valence-electron chi connectivity index (χ3n) is 5.11. The van der Waals surface area contributed by atoms with Crippen LogP contribution in [0.25, 0.3) is 0 Å². The molecule has 0 fully saturated rings. The molecule has 160 valence electrons. The Kier molecular flexibility index (Phi) is 5.95. The SMILES string of the molecule is O=C(OCC(=O)c1ccc[nH]1)c1ccc(Cl)c(S(=O)(=O)N2CCc3ccccc3C2)c1. The summed E-state index contributed by atoms with van der Waals surface area (Å²) < 4.78 is 32.9. The first-order chi connectivity index (χ1) is 14.9. The van der Waals surface area contributed by atoms with E-state index in [0.717, 1.165) is 11.1 Å². The first-order valence-electron chi connectivity index (χ1n) is 9.56. The molecule has 0 aliphatic carbocycles. The predicted molar refractivity (Wildman–Crippen MR) is 115 cm³/mol. The number of rotatable bonds is 6. The number of sulfonamides is 1. The minimum absolute atomic E-state index is 0.000305. The lowest BCUT2D eigenvalue weighted by Gasteiger charge is -2.28. The maximum absolute atomic E-state index is 13.2. The van der Waals surface area contributed by atoms with Crippen LogP contribution in [-0.4, -0.2) is 42.6 Å². The van der Waals surface area contributed by atoms with Gasteiger partial charge in [0.2, 0.25) is 15.8 Å². The van der Waals surface area contributed by atoms with Crippen LogP contribution in [0, 0.1) is 0 Å². The fraction of sp³-hybridized carbons (Fsp3) is 0.182. The van der Waals surface area contributed by atoms with Crippen molar-refractivity contribution in [1.82, 2.24) is 9.29 Å². The Bertz CT molecular complexity index is 1240. The topological polar surface area (TPSA) is 96.5 Å². The van der Waals surface area contributed by atoms with E-state index >= 15 is 0 Å². The molecule has 2 heterocycles. The molecule has 1 aromatic heterocycles. The number of fused-ring (bicyclic) bond motifs is 1.